The molecule has 1 aliphatic rings. The first-order valence-corrected chi connectivity index (χ1v) is 6.59. The zero-order chi connectivity index (χ0) is 14.8. The Morgan fingerprint density at radius 2 is 2.05 bits per heavy atom. The summed E-state index contributed by atoms with van der Waals surface area (Å²) in [4.78, 5) is 12.0. The van der Waals surface area contributed by atoms with Crippen LogP contribution in [0.1, 0.15) is 35.2 Å². The van der Waals surface area contributed by atoms with Crippen molar-refractivity contribution in [1.82, 2.24) is 5.32 Å². The molecule has 1 aromatic carbocycles. The third kappa shape index (κ3) is 3.65. The zero-order valence-electron chi connectivity index (χ0n) is 11.2. The summed E-state index contributed by atoms with van der Waals surface area (Å²) in [7, 11) is 1.57. The lowest BCUT2D eigenvalue weighted by molar-refractivity contribution is -0.137. The summed E-state index contributed by atoms with van der Waals surface area (Å²) >= 11 is 0. The van der Waals surface area contributed by atoms with Gasteiger partial charge < -0.3 is 10.6 Å². The number of hydrogen-bond acceptors (Lipinski definition) is 2. The van der Waals surface area contributed by atoms with Gasteiger partial charge in [0.2, 0.25) is 0 Å². The van der Waals surface area contributed by atoms with Gasteiger partial charge in [0, 0.05) is 19.3 Å². The maximum absolute atomic E-state index is 12.7. The molecule has 0 spiro atoms. The van der Waals surface area contributed by atoms with Gasteiger partial charge in [-0.2, -0.15) is 13.2 Å². The van der Waals surface area contributed by atoms with Gasteiger partial charge in [0.1, 0.15) is 0 Å². The summed E-state index contributed by atoms with van der Waals surface area (Å²) in [5.41, 5.74) is -0.399. The van der Waals surface area contributed by atoms with Gasteiger partial charge in [-0.25, -0.2) is 0 Å². The van der Waals surface area contributed by atoms with Crippen LogP contribution >= 0.6 is 0 Å². The Morgan fingerprint density at radius 1 is 1.35 bits per heavy atom. The number of nitrogens with one attached hydrogen (secondary N) is 2. The molecule has 0 aromatic heterocycles. The second-order valence-corrected chi connectivity index (χ2v) is 5.00. The van der Waals surface area contributed by atoms with E-state index in [-0.39, 0.29) is 5.56 Å². The quantitative estimate of drug-likeness (QED) is 0.872. The van der Waals surface area contributed by atoms with E-state index in [9.17, 15) is 18.0 Å². The molecule has 1 saturated carbocycles. The third-order valence-electron chi connectivity index (χ3n) is 3.40. The fourth-order valence-corrected chi connectivity index (χ4v) is 2.02. The molecule has 1 fully saturated rings. The minimum Gasteiger partial charge on any atom is -0.387 e. The van der Waals surface area contributed by atoms with Crippen LogP contribution in [0.5, 0.6) is 0 Å². The second kappa shape index (κ2) is 5.73. The van der Waals surface area contributed by atoms with E-state index < -0.39 is 17.6 Å². The van der Waals surface area contributed by atoms with Gasteiger partial charge in [0.15, 0.2) is 0 Å². The molecule has 110 valence electrons. The molecule has 6 heteroatoms. The number of carbonyl (C=O) groups excluding carboxylic acids is 1. The van der Waals surface area contributed by atoms with Crippen LogP contribution < -0.4 is 10.6 Å². The van der Waals surface area contributed by atoms with E-state index in [1.165, 1.54) is 18.9 Å². The lowest BCUT2D eigenvalue weighted by atomic mass is 10.1. The minimum atomic E-state index is -4.45. The van der Waals surface area contributed by atoms with E-state index in [2.05, 4.69) is 10.6 Å². The molecule has 2 rings (SSSR count). The summed E-state index contributed by atoms with van der Waals surface area (Å²) in [6.07, 6.45) is -1.20. The first-order valence-electron chi connectivity index (χ1n) is 6.59. The Bertz CT molecular complexity index is 496. The summed E-state index contributed by atoms with van der Waals surface area (Å²) in [5, 5.41) is 5.42. The number of amides is 1. The Hall–Kier alpha value is -1.72. The van der Waals surface area contributed by atoms with Gasteiger partial charge in [-0.15, -0.1) is 0 Å². The topological polar surface area (TPSA) is 41.1 Å². The number of carbonyl (C=O) groups is 1. The SMILES string of the molecule is CNc1ccc(C(F)(F)F)cc1C(=O)NCCC1CC1. The lowest BCUT2D eigenvalue weighted by Crippen LogP contribution is -2.26. The second-order valence-electron chi connectivity index (χ2n) is 5.00. The van der Waals surface area contributed by atoms with E-state index in [4.69, 9.17) is 0 Å². The Labute approximate surface area is 115 Å². The normalized spacial score (nSPS) is 15.0. The van der Waals surface area contributed by atoms with Crippen LogP contribution in [0.4, 0.5) is 18.9 Å². The molecule has 0 unspecified atom stereocenters. The van der Waals surface area contributed by atoms with Gasteiger partial charge >= 0.3 is 6.18 Å². The van der Waals surface area contributed by atoms with E-state index >= 15 is 0 Å². The molecule has 0 atom stereocenters. The maximum atomic E-state index is 12.7. The zero-order valence-corrected chi connectivity index (χ0v) is 11.2. The summed E-state index contributed by atoms with van der Waals surface area (Å²) < 4.78 is 38.0. The highest BCUT2D eigenvalue weighted by atomic mass is 19.4. The number of halogens is 3. The monoisotopic (exact) mass is 286 g/mol. The van der Waals surface area contributed by atoms with Crippen molar-refractivity contribution in [3.8, 4) is 0 Å². The van der Waals surface area contributed by atoms with Crippen molar-refractivity contribution < 1.29 is 18.0 Å². The molecule has 0 radical (unpaired) electrons. The number of hydrogen-bond donors (Lipinski definition) is 2. The molecule has 0 heterocycles. The van der Waals surface area contributed by atoms with Crippen molar-refractivity contribution in [2.24, 2.45) is 5.92 Å². The first kappa shape index (κ1) is 14.7. The lowest BCUT2D eigenvalue weighted by Gasteiger charge is -2.13. The van der Waals surface area contributed by atoms with Crippen LogP contribution in [0, 0.1) is 5.92 Å². The number of rotatable bonds is 5. The fourth-order valence-electron chi connectivity index (χ4n) is 2.02. The average molecular weight is 286 g/mol. The van der Waals surface area contributed by atoms with Crippen molar-refractivity contribution in [2.45, 2.75) is 25.4 Å². The smallest absolute Gasteiger partial charge is 0.387 e. The van der Waals surface area contributed by atoms with Crippen LogP contribution in [0.2, 0.25) is 0 Å². The Morgan fingerprint density at radius 3 is 2.60 bits per heavy atom. The van der Waals surface area contributed by atoms with Gasteiger partial charge in [0.25, 0.3) is 5.91 Å². The average Bonchev–Trinajstić information content (AvgIpc) is 3.21. The highest BCUT2D eigenvalue weighted by Crippen LogP contribution is 2.33. The van der Waals surface area contributed by atoms with Crippen LogP contribution in [-0.2, 0) is 6.18 Å². The predicted molar refractivity (Wildman–Crippen MR) is 70.7 cm³/mol. The van der Waals surface area contributed by atoms with Gasteiger partial charge in [-0.1, -0.05) is 12.8 Å². The molecule has 0 aliphatic heterocycles. The molecule has 2 N–H and O–H groups in total. The standard InChI is InChI=1S/C14H17F3N2O/c1-18-12-5-4-10(14(15,16)17)8-11(12)13(20)19-7-6-9-2-3-9/h4-5,8-9,18H,2-3,6-7H2,1H3,(H,19,20). The minimum absolute atomic E-state index is 0.0260. The first-order chi connectivity index (χ1) is 9.41. The Balaban J connectivity index is 2.11. The van der Waals surface area contributed by atoms with Crippen molar-refractivity contribution >= 4 is 11.6 Å². The van der Waals surface area contributed by atoms with Crippen LogP contribution in [-0.4, -0.2) is 19.5 Å². The van der Waals surface area contributed by atoms with Gasteiger partial charge in [-0.05, 0) is 30.5 Å². The van der Waals surface area contributed by atoms with Crippen molar-refractivity contribution in [3.05, 3.63) is 29.3 Å². The third-order valence-corrected chi connectivity index (χ3v) is 3.40. The molecule has 20 heavy (non-hydrogen) atoms. The highest BCUT2D eigenvalue weighted by molar-refractivity contribution is 5.99. The highest BCUT2D eigenvalue weighted by Gasteiger charge is 2.31. The molecule has 1 aliphatic carbocycles. The largest absolute Gasteiger partial charge is 0.416 e. The van der Waals surface area contributed by atoms with Crippen molar-refractivity contribution in [1.29, 1.82) is 0 Å². The van der Waals surface area contributed by atoms with Crippen molar-refractivity contribution in [3.63, 3.8) is 0 Å². The van der Waals surface area contributed by atoms with Crippen molar-refractivity contribution in [2.75, 3.05) is 18.9 Å². The number of alkyl halides is 3. The molecule has 1 aromatic rings. The molecule has 3 nitrogen and oxygen atoms in total. The fraction of sp³-hybridized carbons (Fsp3) is 0.500. The van der Waals surface area contributed by atoms with Gasteiger partial charge in [-0.3, -0.25) is 4.79 Å². The molecular formula is C14H17F3N2O. The van der Waals surface area contributed by atoms with Crippen LogP contribution in [0.15, 0.2) is 18.2 Å². The predicted octanol–water partition coefficient (Wildman–Crippen LogP) is 3.28. The van der Waals surface area contributed by atoms with E-state index in [0.717, 1.165) is 18.6 Å². The molecule has 0 saturated heterocycles. The van der Waals surface area contributed by atoms with Crippen LogP contribution in [0.25, 0.3) is 0 Å². The van der Waals surface area contributed by atoms with E-state index in [1.807, 2.05) is 0 Å². The maximum Gasteiger partial charge on any atom is 0.416 e. The molecule has 1 amide bonds. The number of benzene rings is 1. The summed E-state index contributed by atoms with van der Waals surface area (Å²) in [6.45, 7) is 0.503. The van der Waals surface area contributed by atoms with Crippen LogP contribution in [0.3, 0.4) is 0 Å². The molecular weight excluding hydrogens is 269 g/mol. The Kier molecular flexibility index (Phi) is 4.20. The van der Waals surface area contributed by atoms with E-state index in [0.29, 0.717) is 18.2 Å². The van der Waals surface area contributed by atoms with E-state index in [1.54, 1.807) is 7.05 Å². The van der Waals surface area contributed by atoms with Gasteiger partial charge in [0.05, 0.1) is 11.1 Å². The summed E-state index contributed by atoms with van der Waals surface area (Å²) in [5.74, 6) is 0.196. The molecule has 0 bridgehead atoms. The summed E-state index contributed by atoms with van der Waals surface area (Å²) in [6, 6.07) is 3.13. The number of anilines is 1.